The molecule has 0 nitrogen and oxygen atoms in total. The van der Waals surface area contributed by atoms with Gasteiger partial charge in [-0.3, -0.25) is 0 Å². The molecule has 1 rings (SSSR count). The van der Waals surface area contributed by atoms with Crippen LogP contribution >= 0.6 is 25.3 Å². The maximum Gasteiger partial charge on any atom is 0.0554 e. The highest BCUT2D eigenvalue weighted by molar-refractivity contribution is 8.00. The van der Waals surface area contributed by atoms with E-state index in [1.165, 1.54) is 6.42 Å². The third-order valence-electron chi connectivity index (χ3n) is 1.22. The summed E-state index contributed by atoms with van der Waals surface area (Å²) >= 11 is 8.56. The van der Waals surface area contributed by atoms with E-state index in [4.69, 9.17) is 0 Å². The molecule has 0 unspecified atom stereocenters. The van der Waals surface area contributed by atoms with Crippen LogP contribution in [0, 0.1) is 6.42 Å². The lowest BCUT2D eigenvalue weighted by Crippen LogP contribution is -2.03. The Bertz CT molecular complexity index is 60.5. The molecule has 1 radical (unpaired) electrons. The lowest BCUT2D eigenvalue weighted by Gasteiger charge is -2.11. The molecular formula is C5H9S2. The minimum atomic E-state index is 0.0278. The first kappa shape index (κ1) is 5.83. The van der Waals surface area contributed by atoms with E-state index >= 15 is 0 Å². The molecule has 41 valence electrons. The van der Waals surface area contributed by atoms with Crippen molar-refractivity contribution in [2.75, 3.05) is 0 Å². The fourth-order valence-corrected chi connectivity index (χ4v) is 1.28. The van der Waals surface area contributed by atoms with E-state index in [2.05, 4.69) is 31.7 Å². The van der Waals surface area contributed by atoms with Gasteiger partial charge in [-0.25, -0.2) is 0 Å². The molecule has 2 heteroatoms. The minimum Gasteiger partial charge on any atom is -0.162 e. The Morgan fingerprint density at radius 1 is 1.43 bits per heavy atom. The molecule has 0 spiro atoms. The molecule has 0 aliphatic heterocycles. The molecule has 0 aromatic rings. The zero-order valence-corrected chi connectivity index (χ0v) is 5.88. The summed E-state index contributed by atoms with van der Waals surface area (Å²) in [4.78, 5) is 0. The highest BCUT2D eigenvalue weighted by Crippen LogP contribution is 2.37. The number of thiol groups is 2. The van der Waals surface area contributed by atoms with Crippen LogP contribution < -0.4 is 0 Å². The highest BCUT2D eigenvalue weighted by atomic mass is 32.2. The zero-order chi connectivity index (χ0) is 5.33. The van der Waals surface area contributed by atoms with Gasteiger partial charge >= 0.3 is 0 Å². The number of hydrogen-bond donors (Lipinski definition) is 2. The summed E-state index contributed by atoms with van der Waals surface area (Å²) in [5.41, 5.74) is 0. The third kappa shape index (κ3) is 1.57. The summed E-state index contributed by atoms with van der Waals surface area (Å²) in [7, 11) is 0. The molecule has 1 aliphatic carbocycles. The molecule has 7 heavy (non-hydrogen) atoms. The van der Waals surface area contributed by atoms with Crippen molar-refractivity contribution >= 4 is 25.3 Å². The highest BCUT2D eigenvalue weighted by Gasteiger charge is 2.24. The van der Waals surface area contributed by atoms with Gasteiger partial charge in [0.2, 0.25) is 0 Å². The average molecular weight is 133 g/mol. The summed E-state index contributed by atoms with van der Waals surface area (Å²) < 4.78 is 0.0278. The fraction of sp³-hybridized carbons (Fsp3) is 0.800. The summed E-state index contributed by atoms with van der Waals surface area (Å²) in [6, 6.07) is 0. The number of hydrogen-bond acceptors (Lipinski definition) is 2. The van der Waals surface area contributed by atoms with Gasteiger partial charge in [-0.1, -0.05) is 0 Å². The van der Waals surface area contributed by atoms with Crippen molar-refractivity contribution in [1.82, 2.24) is 0 Å². The van der Waals surface area contributed by atoms with Gasteiger partial charge in [0.25, 0.3) is 0 Å². The molecule has 1 aliphatic rings. The van der Waals surface area contributed by atoms with Crippen molar-refractivity contribution in [2.24, 2.45) is 0 Å². The van der Waals surface area contributed by atoms with Gasteiger partial charge in [-0.2, -0.15) is 25.3 Å². The second kappa shape index (κ2) is 1.90. The smallest absolute Gasteiger partial charge is 0.0554 e. The minimum absolute atomic E-state index is 0.0278. The lowest BCUT2D eigenvalue weighted by atomic mass is 10.4. The van der Waals surface area contributed by atoms with E-state index in [0.717, 1.165) is 12.8 Å². The van der Waals surface area contributed by atoms with Crippen LogP contribution in [0.15, 0.2) is 0 Å². The standard InChI is InChI=1S/C5H9S2/c6-5(7)3-1-2-4-5/h1,6-7H,2-4H2. The van der Waals surface area contributed by atoms with E-state index in [-0.39, 0.29) is 4.08 Å². The van der Waals surface area contributed by atoms with E-state index in [0.29, 0.717) is 0 Å². The van der Waals surface area contributed by atoms with E-state index in [9.17, 15) is 0 Å². The summed E-state index contributed by atoms with van der Waals surface area (Å²) in [5.74, 6) is 0. The monoisotopic (exact) mass is 133 g/mol. The molecule has 0 amide bonds. The third-order valence-corrected chi connectivity index (χ3v) is 2.03. The van der Waals surface area contributed by atoms with Crippen molar-refractivity contribution in [2.45, 2.75) is 23.3 Å². The Morgan fingerprint density at radius 2 is 2.14 bits per heavy atom. The molecule has 1 fully saturated rings. The normalized spacial score (nSPS) is 28.3. The first-order valence-electron chi connectivity index (χ1n) is 2.47. The van der Waals surface area contributed by atoms with Crippen LogP contribution in [0.2, 0.25) is 0 Å². The summed E-state index contributed by atoms with van der Waals surface area (Å²) in [5, 5.41) is 0. The van der Waals surface area contributed by atoms with Gasteiger partial charge in [-0.15, -0.1) is 0 Å². The predicted molar refractivity (Wildman–Crippen MR) is 38.9 cm³/mol. The van der Waals surface area contributed by atoms with Gasteiger partial charge in [0.05, 0.1) is 4.08 Å². The molecule has 0 N–H and O–H groups in total. The second-order valence-electron chi connectivity index (χ2n) is 2.01. The zero-order valence-electron chi connectivity index (χ0n) is 4.09. The van der Waals surface area contributed by atoms with Gasteiger partial charge in [0, 0.05) is 0 Å². The Hall–Kier alpha value is 0.700. The van der Waals surface area contributed by atoms with Crippen LogP contribution in [0.1, 0.15) is 19.3 Å². The van der Waals surface area contributed by atoms with Crippen molar-refractivity contribution in [1.29, 1.82) is 0 Å². The van der Waals surface area contributed by atoms with Crippen LogP contribution in [-0.2, 0) is 0 Å². The summed E-state index contributed by atoms with van der Waals surface area (Å²) in [6.45, 7) is 0. The SMILES string of the molecule is SC1(S)C[CH]CC1. The van der Waals surface area contributed by atoms with Crippen LogP contribution in [0.4, 0.5) is 0 Å². The van der Waals surface area contributed by atoms with Gasteiger partial charge < -0.3 is 0 Å². The molecule has 0 bridgehead atoms. The Balaban J connectivity index is 2.40. The largest absolute Gasteiger partial charge is 0.162 e. The Labute approximate surface area is 55.5 Å². The van der Waals surface area contributed by atoms with Gasteiger partial charge in [0.1, 0.15) is 0 Å². The quantitative estimate of drug-likeness (QED) is 0.366. The fourth-order valence-electron chi connectivity index (χ4n) is 0.769. The van der Waals surface area contributed by atoms with Gasteiger partial charge in [0.15, 0.2) is 0 Å². The molecule has 0 heterocycles. The summed E-state index contributed by atoms with van der Waals surface area (Å²) in [6.07, 6.45) is 5.60. The van der Waals surface area contributed by atoms with Crippen LogP contribution in [0.5, 0.6) is 0 Å². The Kier molecular flexibility index (Phi) is 1.58. The average Bonchev–Trinajstić information content (AvgIpc) is 1.84. The van der Waals surface area contributed by atoms with Crippen LogP contribution in [0.25, 0.3) is 0 Å². The molecule has 0 aromatic carbocycles. The molecule has 0 atom stereocenters. The lowest BCUT2D eigenvalue weighted by molar-refractivity contribution is 0.860. The maximum absolute atomic E-state index is 4.28. The van der Waals surface area contributed by atoms with E-state index in [1.54, 1.807) is 0 Å². The Morgan fingerprint density at radius 3 is 2.29 bits per heavy atom. The topological polar surface area (TPSA) is 0 Å². The number of rotatable bonds is 0. The molecule has 1 saturated carbocycles. The van der Waals surface area contributed by atoms with Crippen molar-refractivity contribution in [3.8, 4) is 0 Å². The van der Waals surface area contributed by atoms with Crippen molar-refractivity contribution in [3.63, 3.8) is 0 Å². The molecular weight excluding hydrogens is 124 g/mol. The first-order valence-corrected chi connectivity index (χ1v) is 3.37. The second-order valence-corrected chi connectivity index (χ2v) is 4.08. The maximum atomic E-state index is 4.28. The van der Waals surface area contributed by atoms with Gasteiger partial charge in [-0.05, 0) is 25.7 Å². The van der Waals surface area contributed by atoms with Crippen LogP contribution in [0.3, 0.4) is 0 Å². The van der Waals surface area contributed by atoms with Crippen molar-refractivity contribution < 1.29 is 0 Å². The van der Waals surface area contributed by atoms with E-state index in [1.807, 2.05) is 0 Å². The first-order chi connectivity index (χ1) is 3.21. The van der Waals surface area contributed by atoms with E-state index < -0.39 is 0 Å². The predicted octanol–water partition coefficient (Wildman–Crippen LogP) is 1.93. The molecule has 0 aromatic heterocycles. The van der Waals surface area contributed by atoms with Crippen LogP contribution in [-0.4, -0.2) is 4.08 Å². The molecule has 0 saturated heterocycles. The van der Waals surface area contributed by atoms with Crippen molar-refractivity contribution in [3.05, 3.63) is 6.42 Å².